The lowest BCUT2D eigenvalue weighted by Gasteiger charge is -2.44. The lowest BCUT2D eigenvalue weighted by Crippen LogP contribution is -2.60. The molecule has 24 heavy (non-hydrogen) atoms. The van der Waals surface area contributed by atoms with Crippen LogP contribution < -0.4 is 5.32 Å². The van der Waals surface area contributed by atoms with Gasteiger partial charge < -0.3 is 5.32 Å². The summed E-state index contributed by atoms with van der Waals surface area (Å²) in [6.07, 6.45) is 6.91. The van der Waals surface area contributed by atoms with Crippen molar-refractivity contribution in [1.82, 2.24) is 15.1 Å². The Morgan fingerprint density at radius 2 is 1.92 bits per heavy atom. The maximum Gasteiger partial charge on any atom is 0.240 e. The van der Waals surface area contributed by atoms with Gasteiger partial charge in [-0.3, -0.25) is 14.6 Å². The Labute approximate surface area is 143 Å². The van der Waals surface area contributed by atoms with E-state index in [1.165, 1.54) is 12.1 Å². The molecule has 0 saturated carbocycles. The second-order valence-electron chi connectivity index (χ2n) is 6.82. The maximum atomic E-state index is 12.9. The number of halogens is 1. The highest BCUT2D eigenvalue weighted by atomic mass is 19.1. The zero-order valence-electron chi connectivity index (χ0n) is 14.3. The summed E-state index contributed by atoms with van der Waals surface area (Å²) in [6, 6.07) is 6.51. The first kappa shape index (κ1) is 17.1. The van der Waals surface area contributed by atoms with Crippen LogP contribution in [0.3, 0.4) is 0 Å². The van der Waals surface area contributed by atoms with Gasteiger partial charge in [-0.05, 0) is 44.0 Å². The zero-order chi connectivity index (χ0) is 17.0. The van der Waals surface area contributed by atoms with Crippen LogP contribution in [0, 0.1) is 5.82 Å². The molecule has 1 amide bonds. The fourth-order valence-corrected chi connectivity index (χ4v) is 3.70. The van der Waals surface area contributed by atoms with Gasteiger partial charge in [-0.2, -0.15) is 0 Å². The number of likely N-dealkylation sites (tertiary alicyclic amines) is 1. The first-order chi connectivity index (χ1) is 11.6. The van der Waals surface area contributed by atoms with Crippen LogP contribution in [0.1, 0.15) is 24.8 Å². The molecule has 5 heteroatoms. The molecule has 0 radical (unpaired) electrons. The molecule has 2 fully saturated rings. The van der Waals surface area contributed by atoms with E-state index < -0.39 is 0 Å². The molecule has 3 rings (SSSR count). The van der Waals surface area contributed by atoms with E-state index in [-0.39, 0.29) is 17.3 Å². The van der Waals surface area contributed by atoms with Crippen LogP contribution in [0.15, 0.2) is 30.3 Å². The monoisotopic (exact) mass is 331 g/mol. The van der Waals surface area contributed by atoms with E-state index in [2.05, 4.69) is 28.2 Å². The molecule has 1 spiro atoms. The third-order valence-corrected chi connectivity index (χ3v) is 5.34. The van der Waals surface area contributed by atoms with Crippen molar-refractivity contribution in [2.24, 2.45) is 0 Å². The lowest BCUT2D eigenvalue weighted by molar-refractivity contribution is -0.134. The summed E-state index contributed by atoms with van der Waals surface area (Å²) in [5.41, 5.74) is 0.681. The Kier molecular flexibility index (Phi) is 5.31. The largest absolute Gasteiger partial charge is 0.354 e. The van der Waals surface area contributed by atoms with Crippen molar-refractivity contribution in [3.8, 4) is 0 Å². The standard InChI is InChI=1S/C19H26FN3O/c1-22-12-3-11-21-18(24)19(22)9-14-23(15-10-19)13-2-4-16-5-7-17(20)8-6-16/h2,4-8H,3,9-15H2,1H3,(H,21,24)/b4-2+. The molecule has 0 aromatic heterocycles. The third-order valence-electron chi connectivity index (χ3n) is 5.34. The summed E-state index contributed by atoms with van der Waals surface area (Å²) in [7, 11) is 2.08. The second kappa shape index (κ2) is 7.45. The van der Waals surface area contributed by atoms with Gasteiger partial charge in [-0.25, -0.2) is 4.39 Å². The average molecular weight is 331 g/mol. The molecular weight excluding hydrogens is 305 g/mol. The van der Waals surface area contributed by atoms with Gasteiger partial charge in [0.15, 0.2) is 0 Å². The van der Waals surface area contributed by atoms with Gasteiger partial charge in [0.1, 0.15) is 11.4 Å². The topological polar surface area (TPSA) is 35.6 Å². The van der Waals surface area contributed by atoms with Crippen LogP contribution in [-0.2, 0) is 4.79 Å². The second-order valence-corrected chi connectivity index (χ2v) is 6.82. The highest BCUT2D eigenvalue weighted by molar-refractivity contribution is 5.86. The predicted molar refractivity (Wildman–Crippen MR) is 94.1 cm³/mol. The summed E-state index contributed by atoms with van der Waals surface area (Å²) in [5, 5.41) is 3.08. The van der Waals surface area contributed by atoms with Crippen molar-refractivity contribution in [3.05, 3.63) is 41.7 Å². The lowest BCUT2D eigenvalue weighted by atomic mass is 9.85. The van der Waals surface area contributed by atoms with Gasteiger partial charge in [-0.1, -0.05) is 24.3 Å². The number of hydrogen-bond acceptors (Lipinski definition) is 3. The van der Waals surface area contributed by atoms with Gasteiger partial charge >= 0.3 is 0 Å². The van der Waals surface area contributed by atoms with E-state index in [4.69, 9.17) is 0 Å². The van der Waals surface area contributed by atoms with E-state index in [0.29, 0.717) is 0 Å². The molecule has 1 aromatic rings. The zero-order valence-corrected chi connectivity index (χ0v) is 14.3. The van der Waals surface area contributed by atoms with Crippen LogP contribution >= 0.6 is 0 Å². The van der Waals surface area contributed by atoms with Crippen LogP contribution in [0.4, 0.5) is 4.39 Å². The maximum absolute atomic E-state index is 12.9. The van der Waals surface area contributed by atoms with Gasteiger partial charge in [0.25, 0.3) is 0 Å². The molecule has 2 saturated heterocycles. The van der Waals surface area contributed by atoms with Gasteiger partial charge in [-0.15, -0.1) is 0 Å². The quantitative estimate of drug-likeness (QED) is 0.922. The van der Waals surface area contributed by atoms with Crippen molar-refractivity contribution in [2.45, 2.75) is 24.8 Å². The molecule has 0 atom stereocenters. The molecule has 1 aromatic carbocycles. The highest BCUT2D eigenvalue weighted by Gasteiger charge is 2.45. The first-order valence-corrected chi connectivity index (χ1v) is 8.74. The summed E-state index contributed by atoms with van der Waals surface area (Å²) < 4.78 is 12.9. The van der Waals surface area contributed by atoms with E-state index >= 15 is 0 Å². The molecule has 1 N–H and O–H groups in total. The molecule has 2 aliphatic heterocycles. The molecule has 4 nitrogen and oxygen atoms in total. The minimum absolute atomic E-state index is 0.198. The summed E-state index contributed by atoms with van der Waals surface area (Å²) in [4.78, 5) is 17.1. The Morgan fingerprint density at radius 3 is 2.62 bits per heavy atom. The minimum atomic E-state index is -0.326. The fourth-order valence-electron chi connectivity index (χ4n) is 3.70. The highest BCUT2D eigenvalue weighted by Crippen LogP contribution is 2.29. The molecule has 2 heterocycles. The number of nitrogens with one attached hydrogen (secondary N) is 1. The SMILES string of the molecule is CN1CCCNC(=O)C12CCN(C/C=C/c1ccc(F)cc1)CC2. The third kappa shape index (κ3) is 3.68. The Hall–Kier alpha value is -1.72. The fraction of sp³-hybridized carbons (Fsp3) is 0.526. The van der Waals surface area contributed by atoms with Gasteiger partial charge in [0.2, 0.25) is 5.91 Å². The molecule has 2 aliphatic rings. The molecule has 0 unspecified atom stereocenters. The first-order valence-electron chi connectivity index (χ1n) is 8.74. The number of amides is 1. The van der Waals surface area contributed by atoms with E-state index in [1.54, 1.807) is 12.1 Å². The van der Waals surface area contributed by atoms with Crippen LogP contribution in [0.2, 0.25) is 0 Å². The van der Waals surface area contributed by atoms with Crippen molar-refractivity contribution in [2.75, 3.05) is 39.8 Å². The summed E-state index contributed by atoms with van der Waals surface area (Å²) >= 11 is 0. The molecule has 0 aliphatic carbocycles. The number of rotatable bonds is 3. The van der Waals surface area contributed by atoms with E-state index in [9.17, 15) is 9.18 Å². The molecule has 0 bridgehead atoms. The van der Waals surface area contributed by atoms with Gasteiger partial charge in [0.05, 0.1) is 0 Å². The Morgan fingerprint density at radius 1 is 1.21 bits per heavy atom. The molecule has 130 valence electrons. The van der Waals surface area contributed by atoms with Crippen LogP contribution in [0.5, 0.6) is 0 Å². The smallest absolute Gasteiger partial charge is 0.240 e. The number of piperidine rings is 1. The van der Waals surface area contributed by atoms with Crippen molar-refractivity contribution < 1.29 is 9.18 Å². The Balaban J connectivity index is 1.54. The Bertz CT molecular complexity index is 591. The minimum Gasteiger partial charge on any atom is -0.354 e. The van der Waals surface area contributed by atoms with Gasteiger partial charge in [0, 0.05) is 32.7 Å². The number of hydrogen-bond donors (Lipinski definition) is 1. The summed E-state index contributed by atoms with van der Waals surface area (Å²) in [5.74, 6) is -0.0109. The van der Waals surface area contributed by atoms with Crippen molar-refractivity contribution >= 4 is 12.0 Å². The van der Waals surface area contributed by atoms with Crippen LogP contribution in [0.25, 0.3) is 6.08 Å². The summed E-state index contributed by atoms with van der Waals surface area (Å²) in [6.45, 7) is 4.47. The predicted octanol–water partition coefficient (Wildman–Crippen LogP) is 2.13. The number of nitrogens with zero attached hydrogens (tertiary/aromatic N) is 2. The van der Waals surface area contributed by atoms with E-state index in [0.717, 1.165) is 57.5 Å². The number of benzene rings is 1. The average Bonchev–Trinajstić information content (AvgIpc) is 2.72. The number of carbonyl (C=O) groups is 1. The normalized spacial score (nSPS) is 22.7. The van der Waals surface area contributed by atoms with Crippen molar-refractivity contribution in [1.29, 1.82) is 0 Å². The number of carbonyl (C=O) groups excluding carboxylic acids is 1. The molecular formula is C19H26FN3O. The number of likely N-dealkylation sites (N-methyl/N-ethyl adjacent to an activating group) is 1. The van der Waals surface area contributed by atoms with Crippen molar-refractivity contribution in [3.63, 3.8) is 0 Å². The van der Waals surface area contributed by atoms with E-state index in [1.807, 2.05) is 6.08 Å². The van der Waals surface area contributed by atoms with Crippen LogP contribution in [-0.4, -0.2) is 61.0 Å².